The van der Waals surface area contributed by atoms with Crippen molar-refractivity contribution in [3.05, 3.63) is 35.7 Å². The Labute approximate surface area is 168 Å². The van der Waals surface area contributed by atoms with Crippen molar-refractivity contribution in [1.29, 1.82) is 0 Å². The van der Waals surface area contributed by atoms with Crippen molar-refractivity contribution >= 4 is 0 Å². The first kappa shape index (κ1) is 17.5. The van der Waals surface area contributed by atoms with Crippen molar-refractivity contribution in [2.75, 3.05) is 0 Å². The van der Waals surface area contributed by atoms with Crippen LogP contribution in [0, 0.1) is 28.6 Å². The van der Waals surface area contributed by atoms with E-state index in [1.807, 2.05) is 12.3 Å². The van der Waals surface area contributed by atoms with Crippen LogP contribution in [-0.4, -0.2) is 21.8 Å². The summed E-state index contributed by atoms with van der Waals surface area (Å²) in [5, 5.41) is 10.2. The van der Waals surface area contributed by atoms with Gasteiger partial charge in [-0.15, -0.1) is 0 Å². The lowest BCUT2D eigenvalue weighted by Gasteiger charge is -2.59. The SMILES string of the molecule is C[C@]12CC[C@H](O)CC1=CC[C@@H]1[C@@H]2CC[C@@]2(C)[C@H]1CC[C@@]21Cc2ncccc2O1. The zero-order chi connectivity index (χ0) is 19.1. The minimum Gasteiger partial charge on any atom is -0.484 e. The van der Waals surface area contributed by atoms with Crippen LogP contribution < -0.4 is 4.74 Å². The summed E-state index contributed by atoms with van der Waals surface area (Å²) < 4.78 is 6.74. The molecule has 28 heavy (non-hydrogen) atoms. The Morgan fingerprint density at radius 1 is 1.11 bits per heavy atom. The minimum absolute atomic E-state index is 0.0347. The predicted molar refractivity (Wildman–Crippen MR) is 109 cm³/mol. The molecule has 2 heterocycles. The molecule has 3 heteroatoms. The van der Waals surface area contributed by atoms with Crippen molar-refractivity contribution in [2.24, 2.45) is 28.6 Å². The Morgan fingerprint density at radius 2 is 1.96 bits per heavy atom. The van der Waals surface area contributed by atoms with Gasteiger partial charge in [0, 0.05) is 18.0 Å². The van der Waals surface area contributed by atoms with Crippen molar-refractivity contribution in [1.82, 2.24) is 4.98 Å². The van der Waals surface area contributed by atoms with Crippen LogP contribution in [0.1, 0.15) is 70.9 Å². The van der Waals surface area contributed by atoms with Crippen LogP contribution in [0.5, 0.6) is 5.75 Å². The van der Waals surface area contributed by atoms with E-state index in [0.29, 0.717) is 5.41 Å². The van der Waals surface area contributed by atoms with Gasteiger partial charge in [0.25, 0.3) is 0 Å². The molecule has 3 nitrogen and oxygen atoms in total. The summed E-state index contributed by atoms with van der Waals surface area (Å²) in [7, 11) is 0. The van der Waals surface area contributed by atoms with Crippen molar-refractivity contribution in [3.63, 3.8) is 0 Å². The summed E-state index contributed by atoms with van der Waals surface area (Å²) in [6, 6.07) is 4.12. The van der Waals surface area contributed by atoms with E-state index in [0.717, 1.165) is 42.8 Å². The van der Waals surface area contributed by atoms with Gasteiger partial charge in [0.1, 0.15) is 11.4 Å². The minimum atomic E-state index is -0.114. The molecule has 3 saturated carbocycles. The van der Waals surface area contributed by atoms with Gasteiger partial charge >= 0.3 is 0 Å². The highest BCUT2D eigenvalue weighted by atomic mass is 16.5. The number of ether oxygens (including phenoxy) is 1. The lowest BCUT2D eigenvalue weighted by molar-refractivity contribution is -0.103. The van der Waals surface area contributed by atoms with Crippen LogP contribution >= 0.6 is 0 Å². The van der Waals surface area contributed by atoms with E-state index in [2.05, 4.69) is 31.0 Å². The molecule has 0 unspecified atom stereocenters. The molecule has 5 aliphatic rings. The number of pyridine rings is 1. The van der Waals surface area contributed by atoms with Gasteiger partial charge in [-0.05, 0) is 86.7 Å². The second-order valence-electron chi connectivity index (χ2n) is 10.9. The molecule has 1 aromatic heterocycles. The second kappa shape index (κ2) is 5.62. The Balaban J connectivity index is 1.34. The molecule has 1 spiro atoms. The van der Waals surface area contributed by atoms with Gasteiger partial charge in [0.15, 0.2) is 0 Å². The van der Waals surface area contributed by atoms with Crippen LogP contribution in [0.3, 0.4) is 0 Å². The first-order valence-corrected chi connectivity index (χ1v) is 11.5. The fourth-order valence-corrected chi connectivity index (χ4v) is 8.36. The maximum Gasteiger partial charge on any atom is 0.141 e. The lowest BCUT2D eigenvalue weighted by Crippen LogP contribution is -2.56. The molecule has 6 rings (SSSR count). The molecule has 1 aliphatic heterocycles. The van der Waals surface area contributed by atoms with Crippen LogP contribution in [0.15, 0.2) is 30.0 Å². The Kier molecular flexibility index (Phi) is 3.51. The van der Waals surface area contributed by atoms with Crippen molar-refractivity contribution in [2.45, 2.75) is 83.3 Å². The Hall–Kier alpha value is -1.35. The molecular formula is C25H33NO2. The van der Waals surface area contributed by atoms with Crippen LogP contribution in [0.2, 0.25) is 0 Å². The van der Waals surface area contributed by atoms with E-state index >= 15 is 0 Å². The molecule has 0 amide bonds. The smallest absolute Gasteiger partial charge is 0.141 e. The van der Waals surface area contributed by atoms with Gasteiger partial charge in [-0.25, -0.2) is 0 Å². The average Bonchev–Trinajstić information content (AvgIpc) is 3.20. The van der Waals surface area contributed by atoms with Gasteiger partial charge in [0.2, 0.25) is 0 Å². The van der Waals surface area contributed by atoms with Crippen LogP contribution in [0.25, 0.3) is 0 Å². The zero-order valence-corrected chi connectivity index (χ0v) is 17.3. The number of aliphatic hydroxyl groups is 1. The predicted octanol–water partition coefficient (Wildman–Crippen LogP) is 5.08. The van der Waals surface area contributed by atoms with Gasteiger partial charge in [-0.1, -0.05) is 25.5 Å². The highest BCUT2D eigenvalue weighted by molar-refractivity contribution is 5.37. The summed E-state index contributed by atoms with van der Waals surface area (Å²) in [5.74, 6) is 3.35. The van der Waals surface area contributed by atoms with Gasteiger partial charge in [-0.2, -0.15) is 0 Å². The third-order valence-corrected chi connectivity index (χ3v) is 9.97. The number of aliphatic hydroxyl groups excluding tert-OH is 1. The molecule has 0 radical (unpaired) electrons. The van der Waals surface area contributed by atoms with E-state index in [1.54, 1.807) is 5.57 Å². The number of nitrogens with zero attached hydrogens (tertiary/aromatic N) is 1. The molecule has 0 aromatic carbocycles. The monoisotopic (exact) mass is 379 g/mol. The summed E-state index contributed by atoms with van der Waals surface area (Å²) in [6.45, 7) is 5.06. The van der Waals surface area contributed by atoms with E-state index in [1.165, 1.54) is 44.2 Å². The molecular weight excluding hydrogens is 346 g/mol. The van der Waals surface area contributed by atoms with Crippen molar-refractivity contribution < 1.29 is 9.84 Å². The first-order valence-electron chi connectivity index (χ1n) is 11.5. The number of rotatable bonds is 0. The maximum absolute atomic E-state index is 10.2. The van der Waals surface area contributed by atoms with Gasteiger partial charge in [0.05, 0.1) is 11.8 Å². The summed E-state index contributed by atoms with van der Waals surface area (Å²) >= 11 is 0. The Morgan fingerprint density at radius 3 is 2.82 bits per heavy atom. The van der Waals surface area contributed by atoms with Crippen LogP contribution in [-0.2, 0) is 6.42 Å². The number of aromatic nitrogens is 1. The zero-order valence-electron chi connectivity index (χ0n) is 17.3. The number of hydrogen-bond donors (Lipinski definition) is 1. The third kappa shape index (κ3) is 2.07. The fourth-order valence-electron chi connectivity index (χ4n) is 8.36. The normalized spacial score (nSPS) is 48.9. The van der Waals surface area contributed by atoms with Crippen LogP contribution in [0.4, 0.5) is 0 Å². The van der Waals surface area contributed by atoms with E-state index in [4.69, 9.17) is 4.74 Å². The second-order valence-corrected chi connectivity index (χ2v) is 10.9. The summed E-state index contributed by atoms with van der Waals surface area (Å²) in [6.07, 6.45) is 14.7. The average molecular weight is 380 g/mol. The highest BCUT2D eigenvalue weighted by Crippen LogP contribution is 2.69. The summed E-state index contributed by atoms with van der Waals surface area (Å²) in [5.41, 5.74) is 3.28. The molecule has 3 fully saturated rings. The molecule has 150 valence electrons. The molecule has 7 atom stereocenters. The lowest BCUT2D eigenvalue weighted by atomic mass is 9.47. The molecule has 1 N–H and O–H groups in total. The molecule has 1 aromatic rings. The van der Waals surface area contributed by atoms with Gasteiger partial charge in [-0.3, -0.25) is 4.98 Å². The first-order chi connectivity index (χ1) is 13.5. The van der Waals surface area contributed by atoms with Gasteiger partial charge < -0.3 is 9.84 Å². The highest BCUT2D eigenvalue weighted by Gasteiger charge is 2.66. The summed E-state index contributed by atoms with van der Waals surface area (Å²) in [4.78, 5) is 4.64. The van der Waals surface area contributed by atoms with Crippen molar-refractivity contribution in [3.8, 4) is 5.75 Å². The Bertz CT molecular complexity index is 822. The fraction of sp³-hybridized carbons (Fsp3) is 0.720. The molecule has 0 bridgehead atoms. The van der Waals surface area contributed by atoms with E-state index in [-0.39, 0.29) is 17.1 Å². The quantitative estimate of drug-likeness (QED) is 0.639. The largest absolute Gasteiger partial charge is 0.484 e. The van der Waals surface area contributed by atoms with E-state index in [9.17, 15) is 5.11 Å². The molecule has 0 saturated heterocycles. The standard InChI is InChI=1S/C25H33NO2/c1-23-10-7-17(27)14-16(23)5-6-18-19(23)8-11-24(2)20(18)9-12-25(24)15-21-22(28-25)4-3-13-26-21/h3-5,13,17-20,27H,6-12,14-15H2,1-2H3/t17-,18+,19-,20-,23-,24-,25+/m0/s1. The number of allylic oxidation sites excluding steroid dienone is 1. The maximum atomic E-state index is 10.2. The van der Waals surface area contributed by atoms with E-state index < -0.39 is 0 Å². The number of hydrogen-bond acceptors (Lipinski definition) is 3. The third-order valence-electron chi connectivity index (χ3n) is 9.97. The number of fused-ring (bicyclic) bond motifs is 7. The molecule has 4 aliphatic carbocycles. The topological polar surface area (TPSA) is 42.4 Å².